The van der Waals surface area contributed by atoms with E-state index in [1.165, 1.54) is 0 Å². The van der Waals surface area contributed by atoms with Crippen molar-refractivity contribution in [2.45, 2.75) is 38.3 Å². The summed E-state index contributed by atoms with van der Waals surface area (Å²) in [5.41, 5.74) is 5.66. The molecule has 0 saturated heterocycles. The van der Waals surface area contributed by atoms with Crippen LogP contribution in [0.5, 0.6) is 0 Å². The zero-order valence-electron chi connectivity index (χ0n) is 7.42. The lowest BCUT2D eigenvalue weighted by Gasteiger charge is -2.16. The van der Waals surface area contributed by atoms with E-state index in [-0.39, 0.29) is 12.1 Å². The second-order valence-corrected chi connectivity index (χ2v) is 2.77. The molecule has 0 bridgehead atoms. The number of aliphatic hydroxyl groups is 1. The van der Waals surface area contributed by atoms with Crippen molar-refractivity contribution < 1.29 is 9.84 Å². The summed E-state index contributed by atoms with van der Waals surface area (Å²) < 4.78 is 4.87. The first-order valence-electron chi connectivity index (χ1n) is 4.15. The maximum Gasteiger partial charge on any atom is 0.0688 e. The molecular formula is C8H19NO2. The van der Waals surface area contributed by atoms with Crippen molar-refractivity contribution in [2.24, 2.45) is 5.73 Å². The fourth-order valence-electron chi connectivity index (χ4n) is 0.959. The summed E-state index contributed by atoms with van der Waals surface area (Å²) in [5.74, 6) is 0. The van der Waals surface area contributed by atoms with E-state index in [1.54, 1.807) is 7.11 Å². The summed E-state index contributed by atoms with van der Waals surface area (Å²) in [6, 6.07) is -0.0878. The first kappa shape index (κ1) is 10.9. The largest absolute Gasteiger partial charge is 0.392 e. The number of ether oxygens (including phenoxy) is 1. The molecule has 0 aromatic heterocycles. The van der Waals surface area contributed by atoms with Crippen LogP contribution >= 0.6 is 0 Å². The summed E-state index contributed by atoms with van der Waals surface area (Å²) in [5, 5.41) is 9.26. The Morgan fingerprint density at radius 1 is 1.55 bits per heavy atom. The minimum absolute atomic E-state index is 0.0878. The van der Waals surface area contributed by atoms with E-state index in [9.17, 15) is 5.11 Å². The number of nitrogens with two attached hydrogens (primary N) is 1. The Labute approximate surface area is 68.5 Å². The van der Waals surface area contributed by atoms with Gasteiger partial charge in [-0.3, -0.25) is 0 Å². The minimum Gasteiger partial charge on any atom is -0.392 e. The predicted octanol–water partition coefficient (Wildman–Crippen LogP) is 0.511. The Bertz CT molecular complexity index is 88.2. The van der Waals surface area contributed by atoms with Gasteiger partial charge in [0.25, 0.3) is 0 Å². The molecule has 0 amide bonds. The summed E-state index contributed by atoms with van der Waals surface area (Å²) in [4.78, 5) is 0. The van der Waals surface area contributed by atoms with Crippen molar-refractivity contribution in [1.29, 1.82) is 0 Å². The highest BCUT2D eigenvalue weighted by Crippen LogP contribution is 2.02. The van der Waals surface area contributed by atoms with Gasteiger partial charge in [0.1, 0.15) is 0 Å². The molecule has 0 radical (unpaired) electrons. The van der Waals surface area contributed by atoms with Gasteiger partial charge in [-0.1, -0.05) is 6.92 Å². The first-order chi connectivity index (χ1) is 5.22. The van der Waals surface area contributed by atoms with E-state index in [2.05, 4.69) is 0 Å². The van der Waals surface area contributed by atoms with Crippen molar-refractivity contribution in [3.63, 3.8) is 0 Å². The average Bonchev–Trinajstić information content (AvgIpc) is 2.03. The van der Waals surface area contributed by atoms with Crippen LogP contribution in [0.4, 0.5) is 0 Å². The van der Waals surface area contributed by atoms with Gasteiger partial charge in [0.2, 0.25) is 0 Å². The standard InChI is InChI=1S/C8H19NO2/c1-3-8(10)7(9)5-4-6-11-2/h7-8,10H,3-6,9H2,1-2H3. The van der Waals surface area contributed by atoms with E-state index in [4.69, 9.17) is 10.5 Å². The molecule has 11 heavy (non-hydrogen) atoms. The number of hydrogen-bond acceptors (Lipinski definition) is 3. The van der Waals surface area contributed by atoms with E-state index in [1.807, 2.05) is 6.92 Å². The average molecular weight is 161 g/mol. The highest BCUT2D eigenvalue weighted by Gasteiger charge is 2.10. The molecule has 0 heterocycles. The van der Waals surface area contributed by atoms with E-state index < -0.39 is 0 Å². The van der Waals surface area contributed by atoms with Crippen LogP contribution in [0.15, 0.2) is 0 Å². The number of rotatable bonds is 6. The van der Waals surface area contributed by atoms with Crippen molar-refractivity contribution in [2.75, 3.05) is 13.7 Å². The Morgan fingerprint density at radius 3 is 2.64 bits per heavy atom. The Hall–Kier alpha value is -0.120. The maximum absolute atomic E-state index is 9.26. The van der Waals surface area contributed by atoms with Gasteiger partial charge in [-0.25, -0.2) is 0 Å². The third kappa shape index (κ3) is 5.18. The molecule has 0 rings (SSSR count). The van der Waals surface area contributed by atoms with Crippen LogP contribution in [-0.2, 0) is 4.74 Å². The summed E-state index contributed by atoms with van der Waals surface area (Å²) in [7, 11) is 1.67. The summed E-state index contributed by atoms with van der Waals surface area (Å²) >= 11 is 0. The molecule has 2 atom stereocenters. The lowest BCUT2D eigenvalue weighted by Crippen LogP contribution is -2.34. The SMILES string of the molecule is CCC(O)C(N)CCCOC. The quantitative estimate of drug-likeness (QED) is 0.558. The molecular weight excluding hydrogens is 142 g/mol. The second kappa shape index (κ2) is 6.58. The van der Waals surface area contributed by atoms with E-state index >= 15 is 0 Å². The summed E-state index contributed by atoms with van der Waals surface area (Å²) in [6.45, 7) is 2.66. The lowest BCUT2D eigenvalue weighted by molar-refractivity contribution is 0.126. The molecule has 0 aliphatic rings. The van der Waals surface area contributed by atoms with Crippen LogP contribution in [0.1, 0.15) is 26.2 Å². The smallest absolute Gasteiger partial charge is 0.0688 e. The zero-order valence-corrected chi connectivity index (χ0v) is 7.42. The zero-order chi connectivity index (χ0) is 8.69. The van der Waals surface area contributed by atoms with E-state index in [0.717, 1.165) is 25.9 Å². The minimum atomic E-state index is -0.355. The molecule has 3 N–H and O–H groups in total. The number of aliphatic hydroxyl groups excluding tert-OH is 1. The number of methoxy groups -OCH3 is 1. The normalized spacial score (nSPS) is 16.4. The molecule has 0 saturated carbocycles. The first-order valence-corrected chi connectivity index (χ1v) is 4.15. The van der Waals surface area contributed by atoms with Gasteiger partial charge < -0.3 is 15.6 Å². The molecule has 3 nitrogen and oxygen atoms in total. The van der Waals surface area contributed by atoms with Crippen LogP contribution in [0.25, 0.3) is 0 Å². The maximum atomic E-state index is 9.26. The molecule has 68 valence electrons. The third-order valence-electron chi connectivity index (χ3n) is 1.80. The molecule has 0 aliphatic carbocycles. The molecule has 3 heteroatoms. The molecule has 0 fully saturated rings. The van der Waals surface area contributed by atoms with Gasteiger partial charge in [0.15, 0.2) is 0 Å². The highest BCUT2D eigenvalue weighted by molar-refractivity contribution is 4.69. The summed E-state index contributed by atoms with van der Waals surface area (Å²) in [6.07, 6.45) is 2.14. The van der Waals surface area contributed by atoms with Gasteiger partial charge in [-0.05, 0) is 19.3 Å². The fraction of sp³-hybridized carbons (Fsp3) is 1.00. The van der Waals surface area contributed by atoms with Crippen LogP contribution in [0.2, 0.25) is 0 Å². The molecule has 0 spiro atoms. The third-order valence-corrected chi connectivity index (χ3v) is 1.80. The Balaban J connectivity index is 3.28. The topological polar surface area (TPSA) is 55.5 Å². The molecule has 0 aromatic carbocycles. The van der Waals surface area contributed by atoms with Crippen molar-refractivity contribution in [3.8, 4) is 0 Å². The van der Waals surface area contributed by atoms with Crippen molar-refractivity contribution in [1.82, 2.24) is 0 Å². The highest BCUT2D eigenvalue weighted by atomic mass is 16.5. The van der Waals surface area contributed by atoms with Gasteiger partial charge in [0.05, 0.1) is 6.10 Å². The van der Waals surface area contributed by atoms with E-state index in [0.29, 0.717) is 0 Å². The van der Waals surface area contributed by atoms with Gasteiger partial charge in [0, 0.05) is 19.8 Å². The molecule has 2 unspecified atom stereocenters. The van der Waals surface area contributed by atoms with Gasteiger partial charge >= 0.3 is 0 Å². The van der Waals surface area contributed by atoms with Crippen LogP contribution in [0.3, 0.4) is 0 Å². The Morgan fingerprint density at radius 2 is 2.18 bits per heavy atom. The fourth-order valence-corrected chi connectivity index (χ4v) is 0.959. The second-order valence-electron chi connectivity index (χ2n) is 2.77. The number of hydrogen-bond donors (Lipinski definition) is 2. The van der Waals surface area contributed by atoms with Crippen molar-refractivity contribution in [3.05, 3.63) is 0 Å². The Kier molecular flexibility index (Phi) is 6.51. The van der Waals surface area contributed by atoms with Crippen LogP contribution in [-0.4, -0.2) is 31.0 Å². The van der Waals surface area contributed by atoms with Gasteiger partial charge in [-0.15, -0.1) is 0 Å². The molecule has 0 aromatic rings. The van der Waals surface area contributed by atoms with Crippen molar-refractivity contribution >= 4 is 0 Å². The van der Waals surface area contributed by atoms with Crippen LogP contribution in [0, 0.1) is 0 Å². The van der Waals surface area contributed by atoms with Crippen LogP contribution < -0.4 is 5.73 Å². The van der Waals surface area contributed by atoms with Gasteiger partial charge in [-0.2, -0.15) is 0 Å². The monoisotopic (exact) mass is 161 g/mol. The lowest BCUT2D eigenvalue weighted by atomic mass is 10.1. The molecule has 0 aliphatic heterocycles. The predicted molar refractivity (Wildman–Crippen MR) is 45.4 cm³/mol.